The molecule has 0 bridgehead atoms. The molecule has 0 saturated heterocycles. The maximum Gasteiger partial charge on any atom is 0.263 e. The van der Waals surface area contributed by atoms with E-state index in [-0.39, 0.29) is 0 Å². The molecule has 1 heterocycles. The molecule has 2 N–H and O–H groups in total. The third kappa shape index (κ3) is 3.77. The van der Waals surface area contributed by atoms with E-state index in [4.69, 9.17) is 11.6 Å². The normalized spacial score (nSPS) is 11.6. The lowest BCUT2D eigenvalue weighted by Gasteiger charge is -2.11. The van der Waals surface area contributed by atoms with Crippen LogP contribution in [0.1, 0.15) is 17.4 Å². The van der Waals surface area contributed by atoms with Crippen LogP contribution in [-0.4, -0.2) is 15.0 Å². The van der Waals surface area contributed by atoms with E-state index >= 15 is 0 Å². The van der Waals surface area contributed by atoms with Crippen molar-refractivity contribution in [1.29, 1.82) is 0 Å². The molecule has 2 rings (SSSR count). The Labute approximate surface area is 134 Å². The standard InChI is InChI=1S/C14H17ClN2O2S2/c1-3-16-8-13-14(10(2)9-20-13)21(18,19)17-12-7-5-4-6-11(12)15/h4-7,9,16-17H,3,8H2,1-2H3. The van der Waals surface area contributed by atoms with Crippen molar-refractivity contribution in [2.24, 2.45) is 0 Å². The third-order valence-electron chi connectivity index (χ3n) is 2.91. The zero-order valence-electron chi connectivity index (χ0n) is 11.8. The van der Waals surface area contributed by atoms with Crippen LogP contribution in [-0.2, 0) is 16.6 Å². The Morgan fingerprint density at radius 2 is 2.00 bits per heavy atom. The molecule has 0 spiro atoms. The van der Waals surface area contributed by atoms with E-state index in [0.717, 1.165) is 17.0 Å². The fourth-order valence-corrected chi connectivity index (χ4v) is 5.05. The first-order valence-electron chi connectivity index (χ1n) is 6.50. The summed E-state index contributed by atoms with van der Waals surface area (Å²) < 4.78 is 27.8. The fraction of sp³-hybridized carbons (Fsp3) is 0.286. The first kappa shape index (κ1) is 16.3. The van der Waals surface area contributed by atoms with Crippen molar-refractivity contribution >= 4 is 38.6 Å². The van der Waals surface area contributed by atoms with E-state index < -0.39 is 10.0 Å². The van der Waals surface area contributed by atoms with Crippen LogP contribution in [0.25, 0.3) is 0 Å². The number of aryl methyl sites for hydroxylation is 1. The van der Waals surface area contributed by atoms with Crippen LogP contribution in [0.2, 0.25) is 5.02 Å². The van der Waals surface area contributed by atoms with E-state index in [1.54, 1.807) is 31.2 Å². The monoisotopic (exact) mass is 344 g/mol. The van der Waals surface area contributed by atoms with E-state index in [1.165, 1.54) is 11.3 Å². The molecule has 0 saturated carbocycles. The van der Waals surface area contributed by atoms with Crippen LogP contribution in [0, 0.1) is 6.92 Å². The molecule has 21 heavy (non-hydrogen) atoms. The molecule has 4 nitrogen and oxygen atoms in total. The van der Waals surface area contributed by atoms with E-state index in [9.17, 15) is 8.42 Å². The highest BCUT2D eigenvalue weighted by Gasteiger charge is 2.23. The largest absolute Gasteiger partial charge is 0.312 e. The van der Waals surface area contributed by atoms with Crippen LogP contribution in [0.5, 0.6) is 0 Å². The van der Waals surface area contributed by atoms with E-state index in [2.05, 4.69) is 10.0 Å². The molecular weight excluding hydrogens is 328 g/mol. The van der Waals surface area contributed by atoms with Crippen LogP contribution >= 0.6 is 22.9 Å². The number of sulfonamides is 1. The zero-order valence-corrected chi connectivity index (χ0v) is 14.2. The molecule has 0 unspecified atom stereocenters. The lowest BCUT2D eigenvalue weighted by molar-refractivity contribution is 0.599. The van der Waals surface area contributed by atoms with Crippen molar-refractivity contribution in [2.45, 2.75) is 25.3 Å². The van der Waals surface area contributed by atoms with Gasteiger partial charge in [0, 0.05) is 11.4 Å². The molecule has 0 aliphatic rings. The van der Waals surface area contributed by atoms with Crippen LogP contribution in [0.15, 0.2) is 34.5 Å². The summed E-state index contributed by atoms with van der Waals surface area (Å²) in [6, 6.07) is 6.79. The van der Waals surface area contributed by atoms with Crippen molar-refractivity contribution in [1.82, 2.24) is 5.32 Å². The van der Waals surface area contributed by atoms with Gasteiger partial charge in [0.25, 0.3) is 10.0 Å². The van der Waals surface area contributed by atoms with Crippen molar-refractivity contribution in [3.63, 3.8) is 0 Å². The molecule has 0 fully saturated rings. The Morgan fingerprint density at radius 3 is 2.67 bits per heavy atom. The minimum Gasteiger partial charge on any atom is -0.312 e. The summed E-state index contributed by atoms with van der Waals surface area (Å²) in [4.78, 5) is 1.14. The summed E-state index contributed by atoms with van der Waals surface area (Å²) in [7, 11) is -3.65. The molecule has 2 aromatic rings. The van der Waals surface area contributed by atoms with Crippen molar-refractivity contribution < 1.29 is 8.42 Å². The van der Waals surface area contributed by atoms with E-state index in [1.807, 2.05) is 12.3 Å². The molecule has 0 aliphatic heterocycles. The highest BCUT2D eigenvalue weighted by atomic mass is 35.5. The Morgan fingerprint density at radius 1 is 1.29 bits per heavy atom. The minimum atomic E-state index is -3.65. The van der Waals surface area contributed by atoms with Gasteiger partial charge in [0.05, 0.1) is 10.7 Å². The highest BCUT2D eigenvalue weighted by Crippen LogP contribution is 2.30. The molecular formula is C14H17ClN2O2S2. The quantitative estimate of drug-likeness (QED) is 0.841. The Bertz CT molecular complexity index is 726. The number of hydrogen-bond donors (Lipinski definition) is 2. The molecule has 1 aromatic heterocycles. The first-order chi connectivity index (χ1) is 9.95. The summed E-state index contributed by atoms with van der Waals surface area (Å²) in [6.07, 6.45) is 0. The summed E-state index contributed by atoms with van der Waals surface area (Å²) >= 11 is 7.46. The first-order valence-corrected chi connectivity index (χ1v) is 9.24. The van der Waals surface area contributed by atoms with Gasteiger partial charge in [-0.2, -0.15) is 0 Å². The molecule has 114 valence electrons. The second-order valence-corrected chi connectivity index (χ2v) is 7.53. The Balaban J connectivity index is 2.36. The van der Waals surface area contributed by atoms with Gasteiger partial charge in [0.2, 0.25) is 0 Å². The van der Waals surface area contributed by atoms with Gasteiger partial charge < -0.3 is 5.32 Å². The van der Waals surface area contributed by atoms with Crippen LogP contribution < -0.4 is 10.0 Å². The fourth-order valence-electron chi connectivity index (χ4n) is 1.95. The maximum absolute atomic E-state index is 12.6. The third-order valence-corrected chi connectivity index (χ3v) is 6.07. The van der Waals surface area contributed by atoms with Gasteiger partial charge >= 0.3 is 0 Å². The predicted molar refractivity (Wildman–Crippen MR) is 88.7 cm³/mol. The van der Waals surface area contributed by atoms with Gasteiger partial charge in [-0.1, -0.05) is 30.7 Å². The Kier molecular flexibility index (Phi) is 5.27. The number of rotatable bonds is 6. The average molecular weight is 345 g/mol. The molecule has 7 heteroatoms. The average Bonchev–Trinajstić information content (AvgIpc) is 2.81. The van der Waals surface area contributed by atoms with Gasteiger partial charge in [-0.15, -0.1) is 11.3 Å². The van der Waals surface area contributed by atoms with Crippen molar-refractivity contribution in [3.8, 4) is 0 Å². The number of benzene rings is 1. The SMILES string of the molecule is CCNCc1scc(C)c1S(=O)(=O)Nc1ccccc1Cl. The summed E-state index contributed by atoms with van der Waals surface area (Å²) in [5.41, 5.74) is 1.13. The van der Waals surface area contributed by atoms with Crippen LogP contribution in [0.4, 0.5) is 5.69 Å². The summed E-state index contributed by atoms with van der Waals surface area (Å²) in [6.45, 7) is 5.10. The van der Waals surface area contributed by atoms with Gasteiger partial charge in [-0.3, -0.25) is 4.72 Å². The smallest absolute Gasteiger partial charge is 0.263 e. The van der Waals surface area contributed by atoms with Crippen molar-refractivity contribution in [2.75, 3.05) is 11.3 Å². The molecule has 1 aromatic carbocycles. The van der Waals surface area contributed by atoms with Crippen molar-refractivity contribution in [3.05, 3.63) is 45.1 Å². The van der Waals surface area contributed by atoms with Gasteiger partial charge in [0.1, 0.15) is 4.90 Å². The molecule has 0 radical (unpaired) electrons. The number of halogens is 1. The molecule has 0 atom stereocenters. The second-order valence-electron chi connectivity index (χ2n) is 4.54. The number of nitrogens with one attached hydrogen (secondary N) is 2. The lowest BCUT2D eigenvalue weighted by atomic mass is 10.3. The number of thiophene rings is 1. The molecule has 0 amide bonds. The van der Waals surface area contributed by atoms with Gasteiger partial charge in [-0.05, 0) is 36.5 Å². The highest BCUT2D eigenvalue weighted by molar-refractivity contribution is 7.93. The zero-order chi connectivity index (χ0) is 15.5. The van der Waals surface area contributed by atoms with E-state index in [0.29, 0.717) is 22.2 Å². The molecule has 0 aliphatic carbocycles. The summed E-state index contributed by atoms with van der Waals surface area (Å²) in [5, 5.41) is 5.39. The van der Waals surface area contributed by atoms with Gasteiger partial charge in [-0.25, -0.2) is 8.42 Å². The maximum atomic E-state index is 12.6. The number of para-hydroxylation sites is 1. The number of hydrogen-bond acceptors (Lipinski definition) is 4. The lowest BCUT2D eigenvalue weighted by Crippen LogP contribution is -2.18. The minimum absolute atomic E-state index is 0.341. The predicted octanol–water partition coefficient (Wildman–Crippen LogP) is 3.62. The summed E-state index contributed by atoms with van der Waals surface area (Å²) in [5.74, 6) is 0. The van der Waals surface area contributed by atoms with Gasteiger partial charge in [0.15, 0.2) is 0 Å². The second kappa shape index (κ2) is 6.79. The Hall–Kier alpha value is -1.08. The topological polar surface area (TPSA) is 58.2 Å². The number of anilines is 1. The van der Waals surface area contributed by atoms with Crippen LogP contribution in [0.3, 0.4) is 0 Å².